The molecule has 0 bridgehead atoms. The second-order valence-corrected chi connectivity index (χ2v) is 8.19. The molecule has 0 fully saturated rings. The zero-order valence-electron chi connectivity index (χ0n) is 21.6. The Balaban J connectivity index is 2.04. The maximum Gasteiger partial charge on any atom is 0.265 e. The summed E-state index contributed by atoms with van der Waals surface area (Å²) in [6.07, 6.45) is 4.83. The average Bonchev–Trinajstić information content (AvgIpc) is 2.96. The van der Waals surface area contributed by atoms with Gasteiger partial charge in [0.15, 0.2) is 11.5 Å². The number of nitrogens with two attached hydrogens (primary N) is 1. The number of ether oxygens (including phenoxy) is 3. The van der Waals surface area contributed by atoms with Gasteiger partial charge in [-0.05, 0) is 54.1 Å². The molecular formula is C30H33N5O4. The summed E-state index contributed by atoms with van der Waals surface area (Å²) in [6, 6.07) is 18.7. The van der Waals surface area contributed by atoms with Crippen molar-refractivity contribution in [3.63, 3.8) is 0 Å². The molecular weight excluding hydrogens is 494 g/mol. The maximum atomic E-state index is 13.6. The quantitative estimate of drug-likeness (QED) is 0.0770. The Morgan fingerprint density at radius 1 is 0.846 bits per heavy atom. The van der Waals surface area contributed by atoms with Gasteiger partial charge in [0.25, 0.3) is 5.91 Å². The molecule has 1 unspecified atom stereocenters. The van der Waals surface area contributed by atoms with Crippen LogP contribution in [0, 0.1) is 5.41 Å². The number of nitrogen functional groups attached to an aromatic ring is 1. The third-order valence-corrected chi connectivity index (χ3v) is 5.31. The molecule has 0 aliphatic heterocycles. The molecule has 3 rings (SSSR count). The zero-order chi connectivity index (χ0) is 28.0. The minimum absolute atomic E-state index is 0.0500. The summed E-state index contributed by atoms with van der Waals surface area (Å²) in [5, 5.41) is 10.9. The molecule has 0 radical (unpaired) electrons. The zero-order valence-corrected chi connectivity index (χ0v) is 21.6. The molecule has 9 nitrogen and oxygen atoms in total. The highest BCUT2D eigenvalue weighted by Crippen LogP contribution is 2.41. The maximum absolute atomic E-state index is 13.6. The number of hydrogen-bond acceptors (Lipinski definition) is 7. The number of amides is 1. The van der Waals surface area contributed by atoms with Gasteiger partial charge in [0.2, 0.25) is 5.75 Å². The lowest BCUT2D eigenvalue weighted by molar-refractivity contribution is -0.121. The van der Waals surface area contributed by atoms with E-state index in [2.05, 4.69) is 35.9 Å². The highest BCUT2D eigenvalue weighted by atomic mass is 16.5. The van der Waals surface area contributed by atoms with Gasteiger partial charge in [-0.2, -0.15) is 0 Å². The standard InChI is InChI=1S/C30H33N5O4/c1-4-16-37-25-19-22(20-26(38-17-5-2)28(25)39-18-6-3)27(30(36)35-34-24-10-8-7-9-11-24)33-23-14-12-21(13-15-23)29(31)32/h4-15,19-20,27,33-34H,1-3,16-18H2,(H3,31,32)(H,35,36). The number of nitrogens with one attached hydrogen (secondary N) is 4. The van der Waals surface area contributed by atoms with Crippen molar-refractivity contribution >= 4 is 23.1 Å². The van der Waals surface area contributed by atoms with Crippen molar-refractivity contribution in [2.24, 2.45) is 5.73 Å². The minimum atomic E-state index is -0.894. The molecule has 39 heavy (non-hydrogen) atoms. The van der Waals surface area contributed by atoms with E-state index in [1.54, 1.807) is 54.6 Å². The van der Waals surface area contributed by atoms with Crippen molar-refractivity contribution in [3.8, 4) is 17.2 Å². The fourth-order valence-corrected chi connectivity index (χ4v) is 3.50. The van der Waals surface area contributed by atoms with E-state index in [0.717, 1.165) is 0 Å². The van der Waals surface area contributed by atoms with Gasteiger partial charge in [-0.25, -0.2) is 0 Å². The van der Waals surface area contributed by atoms with Crippen LogP contribution < -0.4 is 36.1 Å². The van der Waals surface area contributed by atoms with Crippen LogP contribution in [0.5, 0.6) is 17.2 Å². The van der Waals surface area contributed by atoms with Crippen LogP contribution in [0.2, 0.25) is 0 Å². The van der Waals surface area contributed by atoms with Crippen molar-refractivity contribution in [2.45, 2.75) is 6.04 Å². The van der Waals surface area contributed by atoms with E-state index in [1.807, 2.05) is 30.3 Å². The van der Waals surface area contributed by atoms with Crippen molar-refractivity contribution < 1.29 is 19.0 Å². The van der Waals surface area contributed by atoms with E-state index < -0.39 is 6.04 Å². The average molecular weight is 528 g/mol. The lowest BCUT2D eigenvalue weighted by Gasteiger charge is -2.23. The Morgan fingerprint density at radius 2 is 1.41 bits per heavy atom. The Kier molecular flexibility index (Phi) is 10.6. The first-order chi connectivity index (χ1) is 19.0. The number of carbonyl (C=O) groups is 1. The number of amidine groups is 1. The molecule has 0 saturated carbocycles. The normalized spacial score (nSPS) is 10.9. The molecule has 0 saturated heterocycles. The van der Waals surface area contributed by atoms with Crippen LogP contribution in [-0.2, 0) is 4.79 Å². The number of benzene rings is 3. The van der Waals surface area contributed by atoms with Gasteiger partial charge in [-0.15, -0.1) is 0 Å². The summed E-state index contributed by atoms with van der Waals surface area (Å²) < 4.78 is 17.7. The molecule has 0 spiro atoms. The fourth-order valence-electron chi connectivity index (χ4n) is 3.50. The van der Waals surface area contributed by atoms with Crippen molar-refractivity contribution in [1.82, 2.24) is 5.43 Å². The predicted octanol–water partition coefficient (Wildman–Crippen LogP) is 4.96. The summed E-state index contributed by atoms with van der Waals surface area (Å²) in [7, 11) is 0. The SMILES string of the molecule is C=CCOc1cc(C(Nc2ccc(C(=N)N)cc2)C(=O)NNc2ccccc2)cc(OCC=C)c1OCC=C. The van der Waals surface area contributed by atoms with Gasteiger partial charge in [0, 0.05) is 11.3 Å². The van der Waals surface area contributed by atoms with Gasteiger partial charge >= 0.3 is 0 Å². The van der Waals surface area contributed by atoms with Crippen molar-refractivity contribution in [2.75, 3.05) is 30.6 Å². The molecule has 6 N–H and O–H groups in total. The van der Waals surface area contributed by atoms with Gasteiger partial charge < -0.3 is 25.3 Å². The third kappa shape index (κ3) is 8.16. The highest BCUT2D eigenvalue weighted by molar-refractivity contribution is 5.95. The largest absolute Gasteiger partial charge is 0.485 e. The van der Waals surface area contributed by atoms with Crippen LogP contribution in [-0.4, -0.2) is 31.6 Å². The second-order valence-electron chi connectivity index (χ2n) is 8.19. The summed E-state index contributed by atoms with van der Waals surface area (Å²) in [6.45, 7) is 11.8. The third-order valence-electron chi connectivity index (χ3n) is 5.31. The summed E-state index contributed by atoms with van der Waals surface area (Å²) in [5.41, 5.74) is 13.7. The molecule has 1 atom stereocenters. The van der Waals surface area contributed by atoms with Gasteiger partial charge in [0.1, 0.15) is 31.7 Å². The van der Waals surface area contributed by atoms with Crippen LogP contribution in [0.3, 0.4) is 0 Å². The van der Waals surface area contributed by atoms with Crippen molar-refractivity contribution in [1.29, 1.82) is 5.41 Å². The summed E-state index contributed by atoms with van der Waals surface area (Å²) in [4.78, 5) is 13.6. The smallest absolute Gasteiger partial charge is 0.265 e. The molecule has 0 heterocycles. The monoisotopic (exact) mass is 527 g/mol. The van der Waals surface area contributed by atoms with Crippen molar-refractivity contribution in [3.05, 3.63) is 116 Å². The van der Waals surface area contributed by atoms with Gasteiger partial charge in [-0.1, -0.05) is 56.2 Å². The number of anilines is 2. The Bertz CT molecular complexity index is 1260. The first-order valence-electron chi connectivity index (χ1n) is 12.2. The first-order valence-corrected chi connectivity index (χ1v) is 12.2. The Hall–Kier alpha value is -5.18. The number of rotatable bonds is 16. The fraction of sp³-hybridized carbons (Fsp3) is 0.133. The number of para-hydroxylation sites is 1. The first kappa shape index (κ1) is 28.4. The molecule has 0 aliphatic carbocycles. The predicted molar refractivity (Wildman–Crippen MR) is 156 cm³/mol. The molecule has 3 aromatic rings. The summed E-state index contributed by atoms with van der Waals surface area (Å²) in [5.74, 6) is 0.686. The van der Waals surface area contributed by atoms with Crippen LogP contribution >= 0.6 is 0 Å². The van der Waals surface area contributed by atoms with E-state index in [0.29, 0.717) is 39.8 Å². The number of hydrazine groups is 1. The second kappa shape index (κ2) is 14.5. The lowest BCUT2D eigenvalue weighted by atomic mass is 10.0. The van der Waals surface area contributed by atoms with Crippen LogP contribution in [0.25, 0.3) is 0 Å². The topological polar surface area (TPSA) is 131 Å². The molecule has 0 aromatic heterocycles. The molecule has 1 amide bonds. The van der Waals surface area contributed by atoms with Gasteiger partial charge in [-0.3, -0.25) is 21.1 Å². The molecule has 9 heteroatoms. The lowest BCUT2D eigenvalue weighted by Crippen LogP contribution is -2.37. The number of carbonyl (C=O) groups excluding carboxylic acids is 1. The molecule has 3 aromatic carbocycles. The van der Waals surface area contributed by atoms with E-state index in [4.69, 9.17) is 25.4 Å². The van der Waals surface area contributed by atoms with E-state index in [-0.39, 0.29) is 31.6 Å². The highest BCUT2D eigenvalue weighted by Gasteiger charge is 2.25. The molecule has 202 valence electrons. The Morgan fingerprint density at radius 3 is 1.95 bits per heavy atom. The Labute approximate surface area is 228 Å². The number of hydrogen-bond donors (Lipinski definition) is 5. The molecule has 0 aliphatic rings. The van der Waals surface area contributed by atoms with Gasteiger partial charge in [0.05, 0.1) is 5.69 Å². The van der Waals surface area contributed by atoms with E-state index in [1.165, 1.54) is 0 Å². The summed E-state index contributed by atoms with van der Waals surface area (Å²) >= 11 is 0. The van der Waals surface area contributed by atoms with Crippen LogP contribution in [0.4, 0.5) is 11.4 Å². The van der Waals surface area contributed by atoms with Crippen LogP contribution in [0.1, 0.15) is 17.2 Å². The minimum Gasteiger partial charge on any atom is -0.485 e. The van der Waals surface area contributed by atoms with E-state index >= 15 is 0 Å². The van der Waals surface area contributed by atoms with E-state index in [9.17, 15) is 4.79 Å². The van der Waals surface area contributed by atoms with Crippen LogP contribution in [0.15, 0.2) is 105 Å².